The lowest BCUT2D eigenvalue weighted by atomic mass is 10.1. The van der Waals surface area contributed by atoms with Crippen LogP contribution in [0.5, 0.6) is 0 Å². The van der Waals surface area contributed by atoms with Gasteiger partial charge in [0.1, 0.15) is 0 Å². The maximum absolute atomic E-state index is 11.2. The van der Waals surface area contributed by atoms with E-state index in [2.05, 4.69) is 0 Å². The average molecular weight is 149 g/mol. The summed E-state index contributed by atoms with van der Waals surface area (Å²) in [5, 5.41) is 8.31. The highest BCUT2D eigenvalue weighted by atomic mass is 16.1. The lowest BCUT2D eigenvalue weighted by Crippen LogP contribution is -2.03. The van der Waals surface area contributed by atoms with Gasteiger partial charge in [-0.1, -0.05) is 6.42 Å². The summed E-state index contributed by atoms with van der Waals surface area (Å²) < 4.78 is 0. The standard InChI is InChI=1S/C9H11NO/c10-5-4-8(11)9-6-2-1-3-7(6)9/h6-7,9H,1-4H2. The summed E-state index contributed by atoms with van der Waals surface area (Å²) in [6, 6.07) is 1.93. The molecule has 2 aliphatic rings. The predicted molar refractivity (Wildman–Crippen MR) is 39.6 cm³/mol. The molecule has 0 saturated heterocycles. The molecule has 2 nitrogen and oxygen atoms in total. The molecule has 58 valence electrons. The van der Waals surface area contributed by atoms with Crippen molar-refractivity contribution in [1.82, 2.24) is 0 Å². The summed E-state index contributed by atoms with van der Waals surface area (Å²) in [4.78, 5) is 11.2. The third-order valence-corrected chi connectivity index (χ3v) is 3.03. The van der Waals surface area contributed by atoms with Gasteiger partial charge in [-0.3, -0.25) is 4.79 Å². The summed E-state index contributed by atoms with van der Waals surface area (Å²) in [5.41, 5.74) is 0. The van der Waals surface area contributed by atoms with Crippen LogP contribution in [0.25, 0.3) is 0 Å². The number of nitriles is 1. The maximum Gasteiger partial charge on any atom is 0.150 e. The van der Waals surface area contributed by atoms with Gasteiger partial charge < -0.3 is 0 Å². The molecule has 2 saturated carbocycles. The molecule has 0 aliphatic heterocycles. The number of carbonyl (C=O) groups excluding carboxylic acids is 1. The molecule has 0 amide bonds. The second-order valence-electron chi connectivity index (χ2n) is 3.59. The van der Waals surface area contributed by atoms with E-state index in [1.807, 2.05) is 6.07 Å². The van der Waals surface area contributed by atoms with E-state index in [-0.39, 0.29) is 12.2 Å². The number of carbonyl (C=O) groups is 1. The van der Waals surface area contributed by atoms with Crippen molar-refractivity contribution in [1.29, 1.82) is 5.26 Å². The molecule has 2 heteroatoms. The third kappa shape index (κ3) is 0.956. The second-order valence-corrected chi connectivity index (χ2v) is 3.59. The fourth-order valence-electron chi connectivity index (χ4n) is 2.49. The van der Waals surface area contributed by atoms with Crippen molar-refractivity contribution in [2.75, 3.05) is 0 Å². The van der Waals surface area contributed by atoms with Crippen LogP contribution in [0.4, 0.5) is 0 Å². The molecule has 0 aromatic rings. The Hall–Kier alpha value is -0.840. The second kappa shape index (κ2) is 2.34. The first-order chi connectivity index (χ1) is 5.34. The SMILES string of the molecule is N#CCC(=O)C1C2CCCC21. The van der Waals surface area contributed by atoms with Crippen LogP contribution in [0.15, 0.2) is 0 Å². The van der Waals surface area contributed by atoms with Crippen LogP contribution < -0.4 is 0 Å². The lowest BCUT2D eigenvalue weighted by molar-refractivity contribution is -0.120. The zero-order valence-corrected chi connectivity index (χ0v) is 6.42. The summed E-state index contributed by atoms with van der Waals surface area (Å²) in [6.07, 6.45) is 3.89. The van der Waals surface area contributed by atoms with Crippen LogP contribution in [0, 0.1) is 29.1 Å². The first-order valence-corrected chi connectivity index (χ1v) is 4.24. The molecule has 11 heavy (non-hydrogen) atoms. The monoisotopic (exact) mass is 149 g/mol. The van der Waals surface area contributed by atoms with E-state index in [4.69, 9.17) is 5.26 Å². The molecule has 2 unspecified atom stereocenters. The maximum atomic E-state index is 11.2. The fraction of sp³-hybridized carbons (Fsp3) is 0.778. The van der Waals surface area contributed by atoms with Crippen molar-refractivity contribution in [3.8, 4) is 6.07 Å². The number of nitrogens with zero attached hydrogens (tertiary/aromatic N) is 1. The molecule has 0 N–H and O–H groups in total. The first-order valence-electron chi connectivity index (χ1n) is 4.24. The molecule has 0 aromatic carbocycles. The van der Waals surface area contributed by atoms with Gasteiger partial charge in [0, 0.05) is 5.92 Å². The van der Waals surface area contributed by atoms with Crippen molar-refractivity contribution in [2.45, 2.75) is 25.7 Å². The summed E-state index contributed by atoms with van der Waals surface area (Å²) in [6.45, 7) is 0. The van der Waals surface area contributed by atoms with Crippen LogP contribution in [0.2, 0.25) is 0 Å². The largest absolute Gasteiger partial charge is 0.298 e. The molecule has 0 spiro atoms. The summed E-state index contributed by atoms with van der Waals surface area (Å²) in [5.74, 6) is 1.84. The Morgan fingerprint density at radius 1 is 1.45 bits per heavy atom. The van der Waals surface area contributed by atoms with Crippen LogP contribution in [-0.4, -0.2) is 5.78 Å². The summed E-state index contributed by atoms with van der Waals surface area (Å²) in [7, 11) is 0. The minimum Gasteiger partial charge on any atom is -0.298 e. The zero-order valence-electron chi connectivity index (χ0n) is 6.42. The van der Waals surface area contributed by atoms with Crippen molar-refractivity contribution in [3.05, 3.63) is 0 Å². The van der Waals surface area contributed by atoms with Crippen LogP contribution in [0.1, 0.15) is 25.7 Å². The molecular weight excluding hydrogens is 138 g/mol. The van der Waals surface area contributed by atoms with Crippen molar-refractivity contribution in [2.24, 2.45) is 17.8 Å². The molecule has 2 fully saturated rings. The molecular formula is C9H11NO. The van der Waals surface area contributed by atoms with E-state index in [1.165, 1.54) is 19.3 Å². The predicted octanol–water partition coefficient (Wildman–Crippen LogP) is 1.52. The van der Waals surface area contributed by atoms with Gasteiger partial charge in [0.05, 0.1) is 12.5 Å². The van der Waals surface area contributed by atoms with Gasteiger partial charge in [0.2, 0.25) is 0 Å². The Morgan fingerprint density at radius 2 is 2.09 bits per heavy atom. The van der Waals surface area contributed by atoms with Crippen molar-refractivity contribution < 1.29 is 4.79 Å². The number of hydrogen-bond donors (Lipinski definition) is 0. The Balaban J connectivity index is 1.91. The minimum atomic E-state index is 0.137. The fourth-order valence-corrected chi connectivity index (χ4v) is 2.49. The molecule has 2 atom stereocenters. The molecule has 0 radical (unpaired) electrons. The Labute approximate surface area is 66.2 Å². The number of hydrogen-bond acceptors (Lipinski definition) is 2. The molecule has 0 bridgehead atoms. The van der Waals surface area contributed by atoms with Crippen molar-refractivity contribution >= 4 is 5.78 Å². The molecule has 2 rings (SSSR count). The van der Waals surface area contributed by atoms with Gasteiger partial charge in [-0.05, 0) is 24.7 Å². The van der Waals surface area contributed by atoms with Crippen LogP contribution in [0.3, 0.4) is 0 Å². The van der Waals surface area contributed by atoms with Crippen LogP contribution >= 0.6 is 0 Å². The molecule has 2 aliphatic carbocycles. The number of fused-ring (bicyclic) bond motifs is 1. The topological polar surface area (TPSA) is 40.9 Å². The first kappa shape index (κ1) is 6.84. The van der Waals surface area contributed by atoms with Crippen molar-refractivity contribution in [3.63, 3.8) is 0 Å². The van der Waals surface area contributed by atoms with Gasteiger partial charge in [-0.15, -0.1) is 0 Å². The van der Waals surface area contributed by atoms with E-state index < -0.39 is 0 Å². The van der Waals surface area contributed by atoms with E-state index in [0.717, 1.165) is 0 Å². The molecule has 0 aromatic heterocycles. The highest BCUT2D eigenvalue weighted by molar-refractivity contribution is 5.86. The summed E-state index contributed by atoms with van der Waals surface area (Å²) >= 11 is 0. The van der Waals surface area contributed by atoms with E-state index in [1.54, 1.807) is 0 Å². The van der Waals surface area contributed by atoms with Gasteiger partial charge in [-0.25, -0.2) is 0 Å². The third-order valence-electron chi connectivity index (χ3n) is 3.03. The number of Topliss-reactive ketones (excluding diaryl/α,β-unsaturated/α-hetero) is 1. The van der Waals surface area contributed by atoms with E-state index in [9.17, 15) is 4.79 Å². The Kier molecular flexibility index (Phi) is 1.45. The van der Waals surface area contributed by atoms with Gasteiger partial charge >= 0.3 is 0 Å². The Bertz CT molecular complexity index is 218. The average Bonchev–Trinajstić information content (AvgIpc) is 2.47. The van der Waals surface area contributed by atoms with Gasteiger partial charge in [-0.2, -0.15) is 5.26 Å². The lowest BCUT2D eigenvalue weighted by Gasteiger charge is -1.96. The number of rotatable bonds is 2. The highest BCUT2D eigenvalue weighted by Gasteiger charge is 2.55. The van der Waals surface area contributed by atoms with E-state index >= 15 is 0 Å². The van der Waals surface area contributed by atoms with E-state index in [0.29, 0.717) is 17.8 Å². The van der Waals surface area contributed by atoms with Gasteiger partial charge in [0.15, 0.2) is 5.78 Å². The quantitative estimate of drug-likeness (QED) is 0.597. The van der Waals surface area contributed by atoms with Gasteiger partial charge in [0.25, 0.3) is 0 Å². The zero-order chi connectivity index (χ0) is 7.84. The van der Waals surface area contributed by atoms with Crippen LogP contribution in [-0.2, 0) is 4.79 Å². The highest BCUT2D eigenvalue weighted by Crippen LogP contribution is 2.58. The number of ketones is 1. The minimum absolute atomic E-state index is 0.137. The Morgan fingerprint density at radius 3 is 2.64 bits per heavy atom. The smallest absolute Gasteiger partial charge is 0.150 e. The normalized spacial score (nSPS) is 39.4. The molecule has 0 heterocycles.